The molecule has 3 heteroatoms. The average Bonchev–Trinajstić information content (AvgIpc) is 2.25. The molecule has 0 saturated heterocycles. The average molecular weight is 209 g/mol. The lowest BCUT2D eigenvalue weighted by molar-refractivity contribution is 0.221. The van der Waals surface area contributed by atoms with Gasteiger partial charge in [0, 0.05) is 7.11 Å². The van der Waals surface area contributed by atoms with E-state index in [4.69, 9.17) is 9.47 Å². The first-order valence-electron chi connectivity index (χ1n) is 5.09. The molecular formula is C12H19NO2. The van der Waals surface area contributed by atoms with Crippen LogP contribution in [0.1, 0.15) is 25.3 Å². The summed E-state index contributed by atoms with van der Waals surface area (Å²) in [5, 5.41) is 3.16. The van der Waals surface area contributed by atoms with Crippen molar-refractivity contribution in [2.45, 2.75) is 19.8 Å². The minimum absolute atomic E-state index is 0.484. The molecule has 0 aliphatic rings. The van der Waals surface area contributed by atoms with E-state index in [0.717, 1.165) is 11.4 Å². The summed E-state index contributed by atoms with van der Waals surface area (Å²) >= 11 is 0. The Bertz CT molecular complexity index is 310. The van der Waals surface area contributed by atoms with Crippen molar-refractivity contribution >= 4 is 5.69 Å². The summed E-state index contributed by atoms with van der Waals surface area (Å²) in [4.78, 5) is 0. The van der Waals surface area contributed by atoms with Crippen LogP contribution in [0.3, 0.4) is 0 Å². The molecule has 3 nitrogen and oxygen atoms in total. The SMILES string of the molecule is COCNc1cc(C(C)C)ccc1OC. The van der Waals surface area contributed by atoms with Crippen LogP contribution in [0.2, 0.25) is 0 Å². The molecule has 0 radical (unpaired) electrons. The van der Waals surface area contributed by atoms with Gasteiger partial charge in [-0.1, -0.05) is 19.9 Å². The third kappa shape index (κ3) is 3.13. The number of ether oxygens (including phenoxy) is 2. The molecule has 1 rings (SSSR count). The molecule has 0 aliphatic heterocycles. The molecule has 1 aromatic rings. The van der Waals surface area contributed by atoms with Crippen LogP contribution in [0.25, 0.3) is 0 Å². The highest BCUT2D eigenvalue weighted by atomic mass is 16.5. The minimum atomic E-state index is 0.484. The van der Waals surface area contributed by atoms with Crippen molar-refractivity contribution in [3.8, 4) is 5.75 Å². The second-order valence-corrected chi connectivity index (χ2v) is 3.72. The van der Waals surface area contributed by atoms with Crippen molar-refractivity contribution in [2.24, 2.45) is 0 Å². The van der Waals surface area contributed by atoms with Crippen molar-refractivity contribution < 1.29 is 9.47 Å². The Morgan fingerprint density at radius 1 is 1.27 bits per heavy atom. The molecule has 0 heterocycles. The summed E-state index contributed by atoms with van der Waals surface area (Å²) in [6.07, 6.45) is 0. The first-order chi connectivity index (χ1) is 7.19. The standard InChI is InChI=1S/C12H19NO2/c1-9(2)10-5-6-12(15-4)11(7-10)13-8-14-3/h5-7,9,13H,8H2,1-4H3. The topological polar surface area (TPSA) is 30.5 Å². The second-order valence-electron chi connectivity index (χ2n) is 3.72. The lowest BCUT2D eigenvalue weighted by Crippen LogP contribution is -2.05. The maximum atomic E-state index is 5.26. The van der Waals surface area contributed by atoms with Gasteiger partial charge in [0.1, 0.15) is 12.5 Å². The first kappa shape index (κ1) is 11.9. The van der Waals surface area contributed by atoms with Gasteiger partial charge < -0.3 is 14.8 Å². The van der Waals surface area contributed by atoms with Gasteiger partial charge in [0.15, 0.2) is 0 Å². The molecule has 0 unspecified atom stereocenters. The fourth-order valence-electron chi connectivity index (χ4n) is 1.37. The van der Waals surface area contributed by atoms with Crippen LogP contribution in [0.4, 0.5) is 5.69 Å². The number of nitrogens with one attached hydrogen (secondary N) is 1. The quantitative estimate of drug-likeness (QED) is 0.756. The molecule has 84 valence electrons. The predicted molar refractivity (Wildman–Crippen MR) is 62.6 cm³/mol. The Labute approximate surface area is 91.4 Å². The lowest BCUT2D eigenvalue weighted by atomic mass is 10.0. The minimum Gasteiger partial charge on any atom is -0.495 e. The fourth-order valence-corrected chi connectivity index (χ4v) is 1.37. The predicted octanol–water partition coefficient (Wildman–Crippen LogP) is 2.83. The summed E-state index contributed by atoms with van der Waals surface area (Å²) in [5.74, 6) is 1.36. The summed E-state index contributed by atoms with van der Waals surface area (Å²) in [5.41, 5.74) is 2.26. The number of methoxy groups -OCH3 is 2. The van der Waals surface area contributed by atoms with E-state index in [1.54, 1.807) is 14.2 Å². The fraction of sp³-hybridized carbons (Fsp3) is 0.500. The van der Waals surface area contributed by atoms with E-state index in [-0.39, 0.29) is 0 Å². The zero-order chi connectivity index (χ0) is 11.3. The summed E-state index contributed by atoms with van der Waals surface area (Å²) in [6, 6.07) is 6.16. The van der Waals surface area contributed by atoms with Crippen molar-refractivity contribution in [3.63, 3.8) is 0 Å². The number of benzene rings is 1. The second kappa shape index (κ2) is 5.61. The molecule has 0 saturated carbocycles. The number of rotatable bonds is 5. The lowest BCUT2D eigenvalue weighted by Gasteiger charge is -2.13. The smallest absolute Gasteiger partial charge is 0.142 e. The van der Waals surface area contributed by atoms with Crippen molar-refractivity contribution in [2.75, 3.05) is 26.3 Å². The van der Waals surface area contributed by atoms with Crippen LogP contribution in [-0.2, 0) is 4.74 Å². The Morgan fingerprint density at radius 2 is 2.00 bits per heavy atom. The van der Waals surface area contributed by atoms with Gasteiger partial charge in [-0.05, 0) is 23.6 Å². The van der Waals surface area contributed by atoms with Crippen LogP contribution in [0, 0.1) is 0 Å². The zero-order valence-corrected chi connectivity index (χ0v) is 9.83. The van der Waals surface area contributed by atoms with Crippen LogP contribution >= 0.6 is 0 Å². The molecule has 1 N–H and O–H groups in total. The summed E-state index contributed by atoms with van der Waals surface area (Å²) in [7, 11) is 3.33. The zero-order valence-electron chi connectivity index (χ0n) is 9.83. The van der Waals surface area contributed by atoms with E-state index >= 15 is 0 Å². The van der Waals surface area contributed by atoms with E-state index in [9.17, 15) is 0 Å². The molecule has 0 aromatic heterocycles. The van der Waals surface area contributed by atoms with Gasteiger partial charge in [0.25, 0.3) is 0 Å². The maximum absolute atomic E-state index is 5.26. The summed E-state index contributed by atoms with van der Waals surface area (Å²) < 4.78 is 10.2. The molecule has 0 amide bonds. The Balaban J connectivity index is 2.91. The van der Waals surface area contributed by atoms with Crippen molar-refractivity contribution in [1.29, 1.82) is 0 Å². The van der Waals surface area contributed by atoms with Crippen LogP contribution < -0.4 is 10.1 Å². The Hall–Kier alpha value is -1.22. The van der Waals surface area contributed by atoms with Crippen molar-refractivity contribution in [3.05, 3.63) is 23.8 Å². The molecule has 0 fully saturated rings. The highest BCUT2D eigenvalue weighted by molar-refractivity contribution is 5.58. The molecule has 0 aliphatic carbocycles. The van der Waals surface area contributed by atoms with E-state index in [1.807, 2.05) is 6.07 Å². The normalized spacial score (nSPS) is 10.5. The highest BCUT2D eigenvalue weighted by Crippen LogP contribution is 2.28. The number of hydrogen-bond donors (Lipinski definition) is 1. The molecule has 1 aromatic carbocycles. The van der Waals surface area contributed by atoms with Gasteiger partial charge in [0.05, 0.1) is 12.8 Å². The van der Waals surface area contributed by atoms with Gasteiger partial charge in [0.2, 0.25) is 0 Å². The van der Waals surface area contributed by atoms with Crippen molar-refractivity contribution in [1.82, 2.24) is 0 Å². The monoisotopic (exact) mass is 209 g/mol. The van der Waals surface area contributed by atoms with Gasteiger partial charge in [-0.2, -0.15) is 0 Å². The molecule has 15 heavy (non-hydrogen) atoms. The maximum Gasteiger partial charge on any atom is 0.142 e. The number of hydrogen-bond acceptors (Lipinski definition) is 3. The highest BCUT2D eigenvalue weighted by Gasteiger charge is 2.05. The van der Waals surface area contributed by atoms with E-state index in [2.05, 4.69) is 31.3 Å². The van der Waals surface area contributed by atoms with Gasteiger partial charge in [-0.15, -0.1) is 0 Å². The van der Waals surface area contributed by atoms with E-state index in [0.29, 0.717) is 12.6 Å². The number of anilines is 1. The molecule has 0 spiro atoms. The van der Waals surface area contributed by atoms with Gasteiger partial charge in [-0.3, -0.25) is 0 Å². The van der Waals surface area contributed by atoms with E-state index < -0.39 is 0 Å². The Kier molecular flexibility index (Phi) is 4.43. The molecular weight excluding hydrogens is 190 g/mol. The van der Waals surface area contributed by atoms with E-state index in [1.165, 1.54) is 5.56 Å². The third-order valence-electron chi connectivity index (χ3n) is 2.30. The molecule has 0 bridgehead atoms. The molecule has 0 atom stereocenters. The van der Waals surface area contributed by atoms with Crippen LogP contribution in [0.5, 0.6) is 5.75 Å². The Morgan fingerprint density at radius 3 is 2.53 bits per heavy atom. The summed E-state index contributed by atoms with van der Waals surface area (Å²) in [6.45, 7) is 4.82. The van der Waals surface area contributed by atoms with Crippen LogP contribution in [-0.4, -0.2) is 21.0 Å². The third-order valence-corrected chi connectivity index (χ3v) is 2.30. The van der Waals surface area contributed by atoms with Gasteiger partial charge >= 0.3 is 0 Å². The first-order valence-corrected chi connectivity index (χ1v) is 5.09. The largest absolute Gasteiger partial charge is 0.495 e. The van der Waals surface area contributed by atoms with Crippen LogP contribution in [0.15, 0.2) is 18.2 Å². The van der Waals surface area contributed by atoms with Gasteiger partial charge in [-0.25, -0.2) is 0 Å².